The molecule has 5 aromatic carbocycles. The molecule has 0 saturated carbocycles. The van der Waals surface area contributed by atoms with Crippen molar-refractivity contribution in [2.75, 3.05) is 24.6 Å². The molecule has 0 unspecified atom stereocenters. The Morgan fingerprint density at radius 2 is 1.54 bits per heavy atom. The van der Waals surface area contributed by atoms with Crippen LogP contribution in [0.1, 0.15) is 45.2 Å². The van der Waals surface area contributed by atoms with E-state index in [0.717, 1.165) is 55.3 Å². The lowest BCUT2D eigenvalue weighted by Gasteiger charge is -2.26. The highest BCUT2D eigenvalue weighted by molar-refractivity contribution is 6.19. The molecular formula is C43H40N3O6+. The van der Waals surface area contributed by atoms with Gasteiger partial charge in [-0.05, 0) is 70.6 Å². The molecule has 52 heavy (non-hydrogen) atoms. The number of allylic oxidation sites excluding steroid dienone is 6. The van der Waals surface area contributed by atoms with E-state index < -0.39 is 16.8 Å². The van der Waals surface area contributed by atoms with Gasteiger partial charge < -0.3 is 14.7 Å². The zero-order chi connectivity index (χ0) is 36.8. The first-order valence-corrected chi connectivity index (χ1v) is 17.4. The van der Waals surface area contributed by atoms with Gasteiger partial charge in [-0.15, -0.1) is 0 Å². The van der Waals surface area contributed by atoms with E-state index in [1.807, 2.05) is 48.6 Å². The molecule has 0 fully saturated rings. The largest absolute Gasteiger partial charge is 0.481 e. The van der Waals surface area contributed by atoms with Gasteiger partial charge >= 0.3 is 5.97 Å². The standard InChI is InChI=1S/C43H39N3O6/c1-42(2)36(44(24-25-52-27-47)35-21-19-28-18-20-29(46(50)51)26-34(28)39(35)42)16-6-5-7-17-37-43(3,4)40-32-14-10-8-12-30(32)31-13-9-11-15-33(31)41(40)45(37)23-22-38(48)49/h5-21,26-27H,22-25H2,1-4H3/p+1. The van der Waals surface area contributed by atoms with Crippen molar-refractivity contribution >= 4 is 67.5 Å². The summed E-state index contributed by atoms with van der Waals surface area (Å²) in [7, 11) is 0. The van der Waals surface area contributed by atoms with Crippen molar-refractivity contribution in [2.24, 2.45) is 0 Å². The minimum absolute atomic E-state index is 0.00686. The highest BCUT2D eigenvalue weighted by atomic mass is 16.6. The maximum absolute atomic E-state index is 11.9. The molecule has 0 saturated heterocycles. The molecule has 0 radical (unpaired) electrons. The molecule has 0 spiro atoms. The number of hydrogen-bond acceptors (Lipinski definition) is 6. The van der Waals surface area contributed by atoms with Crippen molar-refractivity contribution in [3.63, 3.8) is 0 Å². The first-order valence-electron chi connectivity index (χ1n) is 17.4. The molecule has 2 aliphatic heterocycles. The smallest absolute Gasteiger partial charge is 0.309 e. The first kappa shape index (κ1) is 34.4. The summed E-state index contributed by atoms with van der Waals surface area (Å²) in [4.78, 5) is 36.3. The van der Waals surface area contributed by atoms with Gasteiger partial charge in [-0.1, -0.05) is 80.6 Å². The SMILES string of the molecule is CC1(C)C(=CC=CC=CC2=[N+](CCC(=O)O)c3c(c4ccccc4c4ccccc34)C2(C)C)N(CCOC=O)c2ccc3ccc([N+](=O)[O-])cc3c21. The number of nitro benzene ring substituents is 1. The first-order chi connectivity index (χ1) is 25.0. The quantitative estimate of drug-likeness (QED) is 0.0280. The van der Waals surface area contributed by atoms with Crippen molar-refractivity contribution in [3.8, 4) is 0 Å². The second-order valence-corrected chi connectivity index (χ2v) is 14.3. The van der Waals surface area contributed by atoms with Crippen molar-refractivity contribution in [2.45, 2.75) is 44.9 Å². The lowest BCUT2D eigenvalue weighted by Crippen LogP contribution is -2.29. The summed E-state index contributed by atoms with van der Waals surface area (Å²) < 4.78 is 7.27. The minimum Gasteiger partial charge on any atom is -0.481 e. The normalized spacial score (nSPS) is 16.8. The summed E-state index contributed by atoms with van der Waals surface area (Å²) >= 11 is 0. The lowest BCUT2D eigenvalue weighted by atomic mass is 9.78. The number of carbonyl (C=O) groups is 2. The van der Waals surface area contributed by atoms with Gasteiger partial charge in [0.2, 0.25) is 5.69 Å². The summed E-state index contributed by atoms with van der Waals surface area (Å²) in [5.41, 5.74) is 5.18. The zero-order valence-corrected chi connectivity index (χ0v) is 29.6. The highest BCUT2D eigenvalue weighted by Gasteiger charge is 2.47. The maximum atomic E-state index is 11.9. The van der Waals surface area contributed by atoms with Crippen molar-refractivity contribution in [1.82, 2.24) is 0 Å². The van der Waals surface area contributed by atoms with E-state index in [9.17, 15) is 24.8 Å². The molecule has 2 heterocycles. The van der Waals surface area contributed by atoms with Crippen LogP contribution in [0.5, 0.6) is 0 Å². The summed E-state index contributed by atoms with van der Waals surface area (Å²) in [6.07, 6.45) is 10.0. The number of carboxylic acid groups (broad SMARTS) is 1. The fourth-order valence-electron chi connectivity index (χ4n) is 8.34. The average molecular weight is 695 g/mol. The van der Waals surface area contributed by atoms with Crippen molar-refractivity contribution < 1.29 is 28.9 Å². The van der Waals surface area contributed by atoms with Gasteiger partial charge in [-0.3, -0.25) is 19.7 Å². The molecule has 0 atom stereocenters. The van der Waals surface area contributed by atoms with Crippen molar-refractivity contribution in [3.05, 3.63) is 136 Å². The van der Waals surface area contributed by atoms with Crippen LogP contribution in [0.15, 0.2) is 115 Å². The second kappa shape index (κ2) is 13.2. The molecule has 9 heteroatoms. The van der Waals surface area contributed by atoms with Gasteiger partial charge in [0.1, 0.15) is 13.0 Å². The fourth-order valence-corrected chi connectivity index (χ4v) is 8.34. The van der Waals surface area contributed by atoms with Crippen LogP contribution in [0, 0.1) is 10.1 Å². The van der Waals surface area contributed by atoms with Crippen molar-refractivity contribution in [1.29, 1.82) is 0 Å². The molecule has 0 aromatic heterocycles. The average Bonchev–Trinajstić information content (AvgIpc) is 3.49. The molecule has 0 aliphatic carbocycles. The van der Waals surface area contributed by atoms with Crippen LogP contribution < -0.4 is 4.90 Å². The van der Waals surface area contributed by atoms with E-state index in [4.69, 9.17) is 4.74 Å². The van der Waals surface area contributed by atoms with Crippen LogP contribution in [0.25, 0.3) is 32.3 Å². The second-order valence-electron chi connectivity index (χ2n) is 14.3. The summed E-state index contributed by atoms with van der Waals surface area (Å²) in [5.74, 6) is -0.850. The number of ether oxygens (including phenoxy) is 1. The summed E-state index contributed by atoms with van der Waals surface area (Å²) in [6.45, 7) is 9.96. The number of aliphatic carboxylic acids is 1. The van der Waals surface area contributed by atoms with Crippen LogP contribution in [-0.4, -0.2) is 52.5 Å². The van der Waals surface area contributed by atoms with Crippen LogP contribution >= 0.6 is 0 Å². The van der Waals surface area contributed by atoms with E-state index in [1.165, 1.54) is 17.0 Å². The Bertz CT molecular complexity index is 2440. The molecule has 262 valence electrons. The van der Waals surface area contributed by atoms with Gasteiger partial charge in [0.15, 0.2) is 12.3 Å². The number of nitrogens with zero attached hydrogens (tertiary/aromatic N) is 3. The zero-order valence-electron chi connectivity index (χ0n) is 29.6. The van der Waals surface area contributed by atoms with Gasteiger partial charge in [-0.25, -0.2) is 0 Å². The van der Waals surface area contributed by atoms with Crippen LogP contribution in [0.2, 0.25) is 0 Å². The third-order valence-corrected chi connectivity index (χ3v) is 10.6. The number of rotatable bonds is 11. The van der Waals surface area contributed by atoms with Crippen LogP contribution in [0.4, 0.5) is 17.1 Å². The topological polar surface area (TPSA) is 113 Å². The van der Waals surface area contributed by atoms with Gasteiger partial charge in [0, 0.05) is 40.6 Å². The van der Waals surface area contributed by atoms with E-state index in [2.05, 4.69) is 79.6 Å². The number of carbonyl (C=O) groups excluding carboxylic acids is 1. The maximum Gasteiger partial charge on any atom is 0.309 e. The van der Waals surface area contributed by atoms with Gasteiger partial charge in [0.05, 0.1) is 22.3 Å². The third kappa shape index (κ3) is 5.62. The molecule has 1 N–H and O–H groups in total. The van der Waals surface area contributed by atoms with E-state index >= 15 is 0 Å². The predicted octanol–water partition coefficient (Wildman–Crippen LogP) is 8.87. The molecule has 0 amide bonds. The minimum atomic E-state index is -0.850. The lowest BCUT2D eigenvalue weighted by molar-refractivity contribution is -0.435. The summed E-state index contributed by atoms with van der Waals surface area (Å²) in [6, 6.07) is 25.7. The highest BCUT2D eigenvalue weighted by Crippen LogP contribution is 2.51. The Hall–Kier alpha value is -6.09. The molecule has 0 bridgehead atoms. The van der Waals surface area contributed by atoms with Crippen LogP contribution in [0.3, 0.4) is 0 Å². The number of fused-ring (bicyclic) bond motifs is 9. The Kier molecular flexibility index (Phi) is 8.74. The Morgan fingerprint density at radius 1 is 0.865 bits per heavy atom. The fraction of sp³-hybridized carbons (Fsp3) is 0.233. The summed E-state index contributed by atoms with van der Waals surface area (Å²) in [5, 5.41) is 27.7. The predicted molar refractivity (Wildman–Crippen MR) is 206 cm³/mol. The molecule has 7 rings (SSSR count). The van der Waals surface area contributed by atoms with E-state index in [1.54, 1.807) is 12.1 Å². The molecule has 5 aromatic rings. The third-order valence-electron chi connectivity index (χ3n) is 10.6. The Labute approximate surface area is 301 Å². The monoisotopic (exact) mass is 694 g/mol. The molecule has 9 nitrogen and oxygen atoms in total. The number of anilines is 1. The van der Waals surface area contributed by atoms with Gasteiger partial charge in [-0.2, -0.15) is 4.58 Å². The number of hydrogen-bond donors (Lipinski definition) is 1. The molecule has 2 aliphatic rings. The Morgan fingerprint density at radius 3 is 2.23 bits per heavy atom. The van der Waals surface area contributed by atoms with Gasteiger partial charge in [0.25, 0.3) is 12.2 Å². The molecular weight excluding hydrogens is 654 g/mol. The Balaban J connectivity index is 1.30. The number of nitro groups is 1. The van der Waals surface area contributed by atoms with E-state index in [-0.39, 0.29) is 23.6 Å². The van der Waals surface area contributed by atoms with E-state index in [0.29, 0.717) is 19.6 Å². The number of carboxylic acids is 1. The van der Waals surface area contributed by atoms with Crippen LogP contribution in [-0.2, 0) is 25.2 Å². The number of benzene rings is 5. The number of non-ortho nitro benzene ring substituents is 1.